The Balaban J connectivity index is 2.19. The van der Waals surface area contributed by atoms with Gasteiger partial charge in [-0.25, -0.2) is 4.79 Å². The smallest absolute Gasteiger partial charge is 0.391 e. The molecule has 2 unspecified atom stereocenters. The van der Waals surface area contributed by atoms with E-state index in [2.05, 4.69) is 0 Å². The van der Waals surface area contributed by atoms with Crippen LogP contribution in [-0.4, -0.2) is 52.1 Å². The molecule has 2 atom stereocenters. The average Bonchev–Trinajstić information content (AvgIpc) is 2.96. The van der Waals surface area contributed by atoms with Gasteiger partial charge in [0, 0.05) is 12.1 Å². The molecule has 2 rings (SSSR count). The molecule has 1 aromatic carbocycles. The van der Waals surface area contributed by atoms with Crippen LogP contribution in [-0.2, 0) is 9.59 Å². The normalized spacial score (nSPS) is 21.3. The number of carboxylic acids is 1. The highest BCUT2D eigenvalue weighted by Crippen LogP contribution is 2.31. The van der Waals surface area contributed by atoms with Gasteiger partial charge in [-0.05, 0) is 31.9 Å². The number of carboxylic acid groups (broad SMARTS) is 1. The Kier molecular flexibility index (Phi) is 5.58. The predicted octanol–water partition coefficient (Wildman–Crippen LogP) is 2.20. The third-order valence-electron chi connectivity index (χ3n) is 4.44. The van der Waals surface area contributed by atoms with E-state index in [1.165, 1.54) is 11.8 Å². The first-order valence-corrected chi connectivity index (χ1v) is 8.02. The number of rotatable bonds is 5. The summed E-state index contributed by atoms with van der Waals surface area (Å²) in [5.74, 6) is -3.11. The van der Waals surface area contributed by atoms with Gasteiger partial charge in [0.25, 0.3) is 5.91 Å². The Bertz CT molecular complexity index is 693. The summed E-state index contributed by atoms with van der Waals surface area (Å²) in [5, 5.41) is 10.9. The monoisotopic (exact) mass is 372 g/mol. The van der Waals surface area contributed by atoms with Crippen LogP contribution in [0.2, 0.25) is 0 Å². The van der Waals surface area contributed by atoms with Crippen molar-refractivity contribution < 1.29 is 32.7 Å². The topological polar surface area (TPSA) is 86.7 Å². The number of likely N-dealkylation sites (tertiary alicyclic amines) is 1. The van der Waals surface area contributed by atoms with Crippen LogP contribution in [0.4, 0.5) is 13.2 Å². The molecule has 1 heterocycles. The molecule has 1 fully saturated rings. The third-order valence-corrected chi connectivity index (χ3v) is 4.44. The zero-order chi connectivity index (χ0) is 19.5. The van der Waals surface area contributed by atoms with Crippen molar-refractivity contribution in [3.8, 4) is 0 Å². The molecule has 2 N–H and O–H groups in total. The highest BCUT2D eigenvalue weighted by atomic mass is 19.4. The number of aliphatic carboxylic acids is 1. The minimum atomic E-state index is -4.74. The van der Waals surface area contributed by atoms with Crippen molar-refractivity contribution in [3.05, 3.63) is 35.9 Å². The number of nitrogens with zero attached hydrogens (tertiary/aromatic N) is 1. The molecule has 0 saturated carbocycles. The van der Waals surface area contributed by atoms with Gasteiger partial charge in [-0.1, -0.05) is 18.2 Å². The lowest BCUT2D eigenvalue weighted by atomic mass is 9.96. The van der Waals surface area contributed by atoms with E-state index in [-0.39, 0.29) is 13.0 Å². The van der Waals surface area contributed by atoms with E-state index in [0.29, 0.717) is 12.0 Å². The van der Waals surface area contributed by atoms with Crippen LogP contribution < -0.4 is 5.32 Å². The fraction of sp³-hybridized carbons (Fsp3) is 0.471. The first-order valence-electron chi connectivity index (χ1n) is 8.02. The summed E-state index contributed by atoms with van der Waals surface area (Å²) in [6.07, 6.45) is -5.71. The van der Waals surface area contributed by atoms with Crippen LogP contribution in [0.5, 0.6) is 0 Å². The molecule has 2 amide bonds. The van der Waals surface area contributed by atoms with Crippen LogP contribution in [0, 0.1) is 0 Å². The maximum atomic E-state index is 12.7. The van der Waals surface area contributed by atoms with Crippen LogP contribution in [0.15, 0.2) is 30.3 Å². The zero-order valence-corrected chi connectivity index (χ0v) is 14.0. The number of hydrogen-bond acceptors (Lipinski definition) is 3. The highest BCUT2D eigenvalue weighted by molar-refractivity contribution is 6.00. The van der Waals surface area contributed by atoms with Gasteiger partial charge in [0.05, 0.1) is 6.42 Å². The van der Waals surface area contributed by atoms with E-state index in [1.807, 2.05) is 5.32 Å². The molecule has 0 radical (unpaired) electrons. The van der Waals surface area contributed by atoms with Crippen LogP contribution >= 0.6 is 0 Å². The number of nitrogens with one attached hydrogen (secondary N) is 1. The number of carbonyl (C=O) groups is 3. The van der Waals surface area contributed by atoms with Crippen LogP contribution in [0.25, 0.3) is 0 Å². The Morgan fingerprint density at radius 2 is 1.88 bits per heavy atom. The molecule has 26 heavy (non-hydrogen) atoms. The third kappa shape index (κ3) is 4.33. The van der Waals surface area contributed by atoms with Crippen molar-refractivity contribution in [1.29, 1.82) is 0 Å². The first kappa shape index (κ1) is 19.7. The summed E-state index contributed by atoms with van der Waals surface area (Å²) in [5.41, 5.74) is -1.06. The van der Waals surface area contributed by atoms with E-state index in [4.69, 9.17) is 5.11 Å². The lowest BCUT2D eigenvalue weighted by Crippen LogP contribution is -2.58. The van der Waals surface area contributed by atoms with E-state index >= 15 is 0 Å². The second-order valence-electron chi connectivity index (χ2n) is 6.38. The quantitative estimate of drug-likeness (QED) is 0.830. The number of amides is 2. The van der Waals surface area contributed by atoms with E-state index in [9.17, 15) is 27.6 Å². The molecule has 1 aromatic rings. The molecular formula is C17H19F3N2O4. The molecule has 0 aromatic heterocycles. The van der Waals surface area contributed by atoms with Gasteiger partial charge in [0.1, 0.15) is 11.6 Å². The van der Waals surface area contributed by atoms with Gasteiger partial charge >= 0.3 is 12.1 Å². The molecule has 1 saturated heterocycles. The molecule has 9 heteroatoms. The summed E-state index contributed by atoms with van der Waals surface area (Å²) >= 11 is 0. The molecule has 1 aliphatic rings. The Morgan fingerprint density at radius 1 is 1.27 bits per heavy atom. The second-order valence-corrected chi connectivity index (χ2v) is 6.38. The van der Waals surface area contributed by atoms with Gasteiger partial charge < -0.3 is 15.3 Å². The van der Waals surface area contributed by atoms with Gasteiger partial charge in [0.2, 0.25) is 5.91 Å². The Labute approximate surface area is 148 Å². The number of halogens is 3. The molecule has 0 aliphatic carbocycles. The molecule has 0 bridgehead atoms. The summed E-state index contributed by atoms with van der Waals surface area (Å²) in [6, 6.07) is 6.08. The maximum Gasteiger partial charge on any atom is 0.391 e. The number of alkyl halides is 3. The van der Waals surface area contributed by atoms with E-state index in [0.717, 1.165) is 0 Å². The van der Waals surface area contributed by atoms with E-state index < -0.39 is 42.0 Å². The molecular weight excluding hydrogens is 353 g/mol. The van der Waals surface area contributed by atoms with Crippen molar-refractivity contribution in [1.82, 2.24) is 10.2 Å². The van der Waals surface area contributed by atoms with Crippen molar-refractivity contribution in [3.63, 3.8) is 0 Å². The lowest BCUT2D eigenvalue weighted by molar-refractivity contribution is -0.161. The first-order chi connectivity index (χ1) is 12.0. The van der Waals surface area contributed by atoms with Crippen molar-refractivity contribution in [2.75, 3.05) is 6.54 Å². The molecule has 0 spiro atoms. The standard InChI is InChI=1S/C17H19F3N2O4/c1-16(15(26)21-12(14(24)25)10-17(18,19)20)8-5-9-22(16)13(23)11-6-3-2-4-7-11/h2-4,6-7,12H,5,8-10H2,1H3,(H,21,26)(H,24,25). The van der Waals surface area contributed by atoms with Crippen LogP contribution in [0.3, 0.4) is 0 Å². The maximum absolute atomic E-state index is 12.7. The Morgan fingerprint density at radius 3 is 2.42 bits per heavy atom. The summed E-state index contributed by atoms with van der Waals surface area (Å²) in [4.78, 5) is 37.6. The molecule has 142 valence electrons. The largest absolute Gasteiger partial charge is 0.480 e. The highest BCUT2D eigenvalue weighted by Gasteiger charge is 2.47. The SMILES string of the molecule is CC1(C(=O)NC(CC(F)(F)F)C(=O)O)CCCN1C(=O)c1ccccc1. The summed E-state index contributed by atoms with van der Waals surface area (Å²) in [6.45, 7) is 1.69. The van der Waals surface area contributed by atoms with Gasteiger partial charge in [-0.2, -0.15) is 13.2 Å². The number of benzene rings is 1. The van der Waals surface area contributed by atoms with Gasteiger partial charge in [-0.3, -0.25) is 9.59 Å². The van der Waals surface area contributed by atoms with Crippen LogP contribution in [0.1, 0.15) is 36.5 Å². The fourth-order valence-electron chi connectivity index (χ4n) is 3.01. The zero-order valence-electron chi connectivity index (χ0n) is 14.0. The Hall–Kier alpha value is -2.58. The molecule has 1 aliphatic heterocycles. The van der Waals surface area contributed by atoms with Gasteiger partial charge in [-0.15, -0.1) is 0 Å². The van der Waals surface area contributed by atoms with Gasteiger partial charge in [0.15, 0.2) is 0 Å². The predicted molar refractivity (Wildman–Crippen MR) is 85.4 cm³/mol. The minimum absolute atomic E-state index is 0.232. The minimum Gasteiger partial charge on any atom is -0.480 e. The van der Waals surface area contributed by atoms with Crippen molar-refractivity contribution in [2.45, 2.75) is 43.9 Å². The summed E-state index contributed by atoms with van der Waals surface area (Å²) in [7, 11) is 0. The number of carbonyl (C=O) groups excluding carboxylic acids is 2. The fourth-order valence-corrected chi connectivity index (χ4v) is 3.01. The van der Waals surface area contributed by atoms with Crippen molar-refractivity contribution in [2.24, 2.45) is 0 Å². The summed E-state index contributed by atoms with van der Waals surface area (Å²) < 4.78 is 37.6. The second kappa shape index (κ2) is 7.35. The van der Waals surface area contributed by atoms with E-state index in [1.54, 1.807) is 30.3 Å². The average molecular weight is 372 g/mol. The van der Waals surface area contributed by atoms with Crippen molar-refractivity contribution >= 4 is 17.8 Å². The number of hydrogen-bond donors (Lipinski definition) is 2. The lowest BCUT2D eigenvalue weighted by Gasteiger charge is -2.35. The molecule has 6 nitrogen and oxygen atoms in total.